The maximum absolute atomic E-state index is 11.2. The molecule has 1 aromatic heterocycles. The summed E-state index contributed by atoms with van der Waals surface area (Å²) in [6.45, 7) is 4.12. The van der Waals surface area contributed by atoms with Crippen molar-refractivity contribution in [1.82, 2.24) is 5.32 Å². The van der Waals surface area contributed by atoms with Crippen molar-refractivity contribution in [2.45, 2.75) is 20.4 Å². The molecule has 0 saturated carbocycles. The molecule has 1 unspecified atom stereocenters. The summed E-state index contributed by atoms with van der Waals surface area (Å²) >= 11 is 1.65. The molecule has 74 valence electrons. The van der Waals surface area contributed by atoms with Crippen LogP contribution in [0.15, 0.2) is 11.4 Å². The first-order valence-electron chi connectivity index (χ1n) is 4.35. The smallest absolute Gasteiger partial charge is 0.237 e. The Labute approximate surface area is 87.4 Å². The first kappa shape index (κ1) is 10.7. The zero-order chi connectivity index (χ0) is 10.6. The van der Waals surface area contributed by atoms with E-state index in [0.717, 1.165) is 5.56 Å². The number of rotatable bonds is 3. The van der Waals surface area contributed by atoms with E-state index in [2.05, 4.69) is 5.32 Å². The molecule has 0 aliphatic rings. The van der Waals surface area contributed by atoms with Gasteiger partial charge in [0, 0.05) is 11.4 Å². The number of nitrogens with zero attached hydrogens (tertiary/aromatic N) is 1. The Morgan fingerprint density at radius 1 is 1.79 bits per heavy atom. The van der Waals surface area contributed by atoms with Gasteiger partial charge in [-0.2, -0.15) is 5.26 Å². The van der Waals surface area contributed by atoms with Crippen molar-refractivity contribution < 1.29 is 4.79 Å². The highest BCUT2D eigenvalue weighted by molar-refractivity contribution is 7.10. The fourth-order valence-electron chi connectivity index (χ4n) is 0.991. The summed E-state index contributed by atoms with van der Waals surface area (Å²) in [6, 6.07) is 3.93. The fraction of sp³-hybridized carbons (Fsp3) is 0.400. The lowest BCUT2D eigenvalue weighted by molar-refractivity contribution is -0.123. The number of hydrogen-bond donors (Lipinski definition) is 1. The molecule has 1 rings (SSSR count). The number of aryl methyl sites for hydroxylation is 1. The van der Waals surface area contributed by atoms with E-state index >= 15 is 0 Å². The van der Waals surface area contributed by atoms with E-state index in [1.165, 1.54) is 4.88 Å². The van der Waals surface area contributed by atoms with Crippen LogP contribution < -0.4 is 5.32 Å². The largest absolute Gasteiger partial charge is 0.351 e. The molecule has 0 aromatic carbocycles. The number of amides is 1. The molecule has 3 nitrogen and oxygen atoms in total. The maximum atomic E-state index is 11.2. The lowest BCUT2D eigenvalue weighted by Crippen LogP contribution is -2.27. The summed E-state index contributed by atoms with van der Waals surface area (Å²) in [4.78, 5) is 12.4. The number of thiophene rings is 1. The van der Waals surface area contributed by atoms with Crippen LogP contribution in [0.4, 0.5) is 0 Å². The van der Waals surface area contributed by atoms with Crippen molar-refractivity contribution in [3.05, 3.63) is 21.9 Å². The van der Waals surface area contributed by atoms with E-state index in [1.807, 2.05) is 24.4 Å². The number of carbonyl (C=O) groups excluding carboxylic acids is 1. The van der Waals surface area contributed by atoms with Crippen LogP contribution in [0.3, 0.4) is 0 Å². The molecule has 1 amide bonds. The third-order valence-corrected chi connectivity index (χ3v) is 2.75. The summed E-state index contributed by atoms with van der Waals surface area (Å²) in [5.74, 6) is -0.786. The SMILES string of the molecule is Cc1cc(CNC(=O)C(C)C#N)cs1. The average Bonchev–Trinajstić information content (AvgIpc) is 2.59. The van der Waals surface area contributed by atoms with Crippen molar-refractivity contribution >= 4 is 17.2 Å². The Hall–Kier alpha value is -1.34. The molecule has 0 radical (unpaired) electrons. The van der Waals surface area contributed by atoms with Crippen molar-refractivity contribution in [2.24, 2.45) is 5.92 Å². The van der Waals surface area contributed by atoms with E-state index < -0.39 is 5.92 Å². The van der Waals surface area contributed by atoms with Crippen molar-refractivity contribution in [3.8, 4) is 6.07 Å². The topological polar surface area (TPSA) is 52.9 Å². The van der Waals surface area contributed by atoms with Crippen LogP contribution in [0.2, 0.25) is 0 Å². The Balaban J connectivity index is 2.42. The molecule has 0 spiro atoms. The van der Waals surface area contributed by atoms with Gasteiger partial charge in [0.05, 0.1) is 6.07 Å². The zero-order valence-corrected chi connectivity index (χ0v) is 9.02. The molecule has 0 aliphatic carbocycles. The van der Waals surface area contributed by atoms with Gasteiger partial charge in [-0.05, 0) is 30.9 Å². The Morgan fingerprint density at radius 2 is 2.50 bits per heavy atom. The average molecular weight is 208 g/mol. The minimum atomic E-state index is -0.574. The molecule has 4 heteroatoms. The number of nitriles is 1. The highest BCUT2D eigenvalue weighted by atomic mass is 32.1. The lowest BCUT2D eigenvalue weighted by atomic mass is 10.2. The second kappa shape index (κ2) is 4.77. The van der Waals surface area contributed by atoms with Crippen molar-refractivity contribution in [2.75, 3.05) is 0 Å². The Morgan fingerprint density at radius 3 is 3.00 bits per heavy atom. The first-order valence-corrected chi connectivity index (χ1v) is 5.23. The molecule has 0 bridgehead atoms. The van der Waals surface area contributed by atoms with Crippen LogP contribution in [-0.4, -0.2) is 5.91 Å². The standard InChI is InChI=1S/C10H12N2OS/c1-7(4-11)10(13)12-5-9-3-8(2)14-6-9/h3,6-7H,5H2,1-2H3,(H,12,13). The highest BCUT2D eigenvalue weighted by Gasteiger charge is 2.10. The summed E-state index contributed by atoms with van der Waals surface area (Å²) in [5.41, 5.74) is 1.09. The van der Waals surface area contributed by atoms with Gasteiger partial charge in [-0.25, -0.2) is 0 Å². The molecule has 1 aromatic rings. The van der Waals surface area contributed by atoms with E-state index in [4.69, 9.17) is 5.26 Å². The summed E-state index contributed by atoms with van der Waals surface area (Å²) in [6.07, 6.45) is 0. The lowest BCUT2D eigenvalue weighted by Gasteiger charge is -2.03. The van der Waals surface area contributed by atoms with Gasteiger partial charge in [0.15, 0.2) is 0 Å². The van der Waals surface area contributed by atoms with Gasteiger partial charge >= 0.3 is 0 Å². The van der Waals surface area contributed by atoms with E-state index in [1.54, 1.807) is 18.3 Å². The van der Waals surface area contributed by atoms with E-state index in [-0.39, 0.29) is 5.91 Å². The van der Waals surface area contributed by atoms with Gasteiger partial charge in [-0.3, -0.25) is 4.79 Å². The van der Waals surface area contributed by atoms with Crippen LogP contribution in [0.5, 0.6) is 0 Å². The predicted octanol–water partition coefficient (Wildman–Crippen LogP) is 1.83. The molecular formula is C10H12N2OS. The molecule has 14 heavy (non-hydrogen) atoms. The first-order chi connectivity index (χ1) is 6.63. The quantitative estimate of drug-likeness (QED) is 0.824. The summed E-state index contributed by atoms with van der Waals surface area (Å²) < 4.78 is 0. The Bertz CT molecular complexity index is 364. The normalized spacial score (nSPS) is 11.8. The maximum Gasteiger partial charge on any atom is 0.237 e. The van der Waals surface area contributed by atoms with Crippen molar-refractivity contribution in [1.29, 1.82) is 5.26 Å². The van der Waals surface area contributed by atoms with E-state index in [0.29, 0.717) is 6.54 Å². The highest BCUT2D eigenvalue weighted by Crippen LogP contribution is 2.12. The minimum Gasteiger partial charge on any atom is -0.351 e. The molecule has 1 N–H and O–H groups in total. The number of carbonyl (C=O) groups is 1. The van der Waals surface area contributed by atoms with E-state index in [9.17, 15) is 4.79 Å². The van der Waals surface area contributed by atoms with Gasteiger partial charge < -0.3 is 5.32 Å². The van der Waals surface area contributed by atoms with Gasteiger partial charge in [0.25, 0.3) is 0 Å². The van der Waals surface area contributed by atoms with Crippen LogP contribution >= 0.6 is 11.3 Å². The second-order valence-electron chi connectivity index (χ2n) is 3.13. The van der Waals surface area contributed by atoms with Crippen LogP contribution in [-0.2, 0) is 11.3 Å². The predicted molar refractivity (Wildman–Crippen MR) is 55.7 cm³/mol. The van der Waals surface area contributed by atoms with Gasteiger partial charge in [-0.15, -0.1) is 11.3 Å². The third-order valence-electron chi connectivity index (χ3n) is 1.84. The monoisotopic (exact) mass is 208 g/mol. The molecule has 0 fully saturated rings. The molecule has 1 atom stereocenters. The third kappa shape index (κ3) is 2.86. The number of nitrogens with one attached hydrogen (secondary N) is 1. The Kier molecular flexibility index (Phi) is 3.66. The molecular weight excluding hydrogens is 196 g/mol. The minimum absolute atomic E-state index is 0.212. The summed E-state index contributed by atoms with van der Waals surface area (Å²) in [7, 11) is 0. The zero-order valence-electron chi connectivity index (χ0n) is 8.20. The molecule has 1 heterocycles. The van der Waals surface area contributed by atoms with Crippen molar-refractivity contribution in [3.63, 3.8) is 0 Å². The van der Waals surface area contributed by atoms with Gasteiger partial charge in [0.2, 0.25) is 5.91 Å². The molecule has 0 aliphatic heterocycles. The summed E-state index contributed by atoms with van der Waals surface area (Å²) in [5, 5.41) is 13.2. The van der Waals surface area contributed by atoms with Gasteiger partial charge in [0.1, 0.15) is 5.92 Å². The fourth-order valence-corrected chi connectivity index (χ4v) is 1.70. The number of hydrogen-bond acceptors (Lipinski definition) is 3. The molecule has 0 saturated heterocycles. The second-order valence-corrected chi connectivity index (χ2v) is 4.25. The van der Waals surface area contributed by atoms with Crippen LogP contribution in [0.1, 0.15) is 17.4 Å². The van der Waals surface area contributed by atoms with Crippen LogP contribution in [0.25, 0.3) is 0 Å². The van der Waals surface area contributed by atoms with Gasteiger partial charge in [-0.1, -0.05) is 0 Å². The van der Waals surface area contributed by atoms with Crippen LogP contribution in [0, 0.1) is 24.2 Å².